The smallest absolute Gasteiger partial charge is 0.251 e. The van der Waals surface area contributed by atoms with Gasteiger partial charge in [0.2, 0.25) is 0 Å². The van der Waals surface area contributed by atoms with Gasteiger partial charge in [0, 0.05) is 24.7 Å². The molecule has 2 unspecified atom stereocenters. The van der Waals surface area contributed by atoms with E-state index < -0.39 is 0 Å². The van der Waals surface area contributed by atoms with Crippen molar-refractivity contribution in [2.24, 2.45) is 5.92 Å². The van der Waals surface area contributed by atoms with E-state index in [-0.39, 0.29) is 36.8 Å². The Balaban J connectivity index is 0.00000144. The van der Waals surface area contributed by atoms with Gasteiger partial charge in [0.05, 0.1) is 0 Å². The van der Waals surface area contributed by atoms with Gasteiger partial charge in [-0.3, -0.25) is 9.69 Å². The van der Waals surface area contributed by atoms with Crippen LogP contribution in [-0.4, -0.2) is 43.0 Å². The molecule has 6 heteroatoms. The lowest BCUT2D eigenvalue weighted by Gasteiger charge is -2.30. The largest absolute Gasteiger partial charge is 0.348 e. The summed E-state index contributed by atoms with van der Waals surface area (Å²) in [6, 6.07) is 8.34. The van der Waals surface area contributed by atoms with Crippen molar-refractivity contribution >= 4 is 30.7 Å². The molecule has 3 rings (SSSR count). The molecule has 0 aliphatic carbocycles. The van der Waals surface area contributed by atoms with Crippen LogP contribution in [0.15, 0.2) is 24.3 Å². The van der Waals surface area contributed by atoms with Crippen LogP contribution in [-0.2, 0) is 6.54 Å². The molecule has 0 spiro atoms. The van der Waals surface area contributed by atoms with E-state index in [1.165, 1.54) is 31.5 Å². The van der Waals surface area contributed by atoms with Gasteiger partial charge in [-0.1, -0.05) is 19.1 Å². The molecule has 2 aliphatic rings. The number of hydrogen-bond acceptors (Lipinski definition) is 3. The van der Waals surface area contributed by atoms with Gasteiger partial charge in [0.1, 0.15) is 0 Å². The molecule has 2 atom stereocenters. The van der Waals surface area contributed by atoms with Gasteiger partial charge in [-0.15, -0.1) is 24.8 Å². The summed E-state index contributed by atoms with van der Waals surface area (Å²) < 4.78 is 0. The lowest BCUT2D eigenvalue weighted by molar-refractivity contribution is 0.0915. The van der Waals surface area contributed by atoms with E-state index in [1.807, 2.05) is 12.1 Å². The number of rotatable bonds is 4. The van der Waals surface area contributed by atoms with Crippen molar-refractivity contribution in [3.05, 3.63) is 35.4 Å². The summed E-state index contributed by atoms with van der Waals surface area (Å²) in [4.78, 5) is 15.0. The predicted octanol–water partition coefficient (Wildman–Crippen LogP) is 2.85. The third-order valence-corrected chi connectivity index (χ3v) is 4.94. The van der Waals surface area contributed by atoms with E-state index >= 15 is 0 Å². The van der Waals surface area contributed by atoms with Crippen molar-refractivity contribution in [1.29, 1.82) is 0 Å². The van der Waals surface area contributed by atoms with Gasteiger partial charge in [-0.2, -0.15) is 0 Å². The number of piperidine rings is 1. The van der Waals surface area contributed by atoms with Crippen LogP contribution in [0.25, 0.3) is 0 Å². The molecule has 0 radical (unpaired) electrons. The number of halogens is 2. The van der Waals surface area contributed by atoms with E-state index in [1.54, 1.807) is 0 Å². The number of nitrogens with zero attached hydrogens (tertiary/aromatic N) is 1. The second kappa shape index (κ2) is 10.2. The zero-order valence-corrected chi connectivity index (χ0v) is 15.9. The van der Waals surface area contributed by atoms with Crippen LogP contribution in [0, 0.1) is 5.92 Å². The molecule has 2 saturated heterocycles. The molecule has 2 heterocycles. The summed E-state index contributed by atoms with van der Waals surface area (Å²) >= 11 is 0. The number of carbonyl (C=O) groups is 1. The zero-order chi connectivity index (χ0) is 15.4. The second-order valence-electron chi connectivity index (χ2n) is 6.73. The van der Waals surface area contributed by atoms with Crippen LogP contribution in [0.2, 0.25) is 0 Å². The SMILES string of the molecule is CC1CCNCC1NC(=O)c1cccc(CN2CCCC2)c1.Cl.Cl. The molecule has 2 N–H and O–H groups in total. The van der Waals surface area contributed by atoms with E-state index in [0.717, 1.165) is 31.6 Å². The first-order valence-corrected chi connectivity index (χ1v) is 8.55. The number of hydrogen-bond donors (Lipinski definition) is 2. The lowest BCUT2D eigenvalue weighted by Crippen LogP contribution is -2.50. The maximum absolute atomic E-state index is 12.5. The molecular weight excluding hydrogens is 345 g/mol. The Kier molecular flexibility index (Phi) is 9.06. The van der Waals surface area contributed by atoms with Crippen molar-refractivity contribution in [1.82, 2.24) is 15.5 Å². The lowest BCUT2D eigenvalue weighted by atomic mass is 9.94. The highest BCUT2D eigenvalue weighted by Gasteiger charge is 2.23. The highest BCUT2D eigenvalue weighted by atomic mass is 35.5. The molecule has 2 aliphatic heterocycles. The average Bonchev–Trinajstić information content (AvgIpc) is 3.03. The van der Waals surface area contributed by atoms with Gasteiger partial charge >= 0.3 is 0 Å². The first-order valence-electron chi connectivity index (χ1n) is 8.55. The van der Waals surface area contributed by atoms with Crippen molar-refractivity contribution in [2.45, 2.75) is 38.8 Å². The standard InChI is InChI=1S/C18H27N3O.2ClH/c1-14-7-8-19-12-17(14)20-18(22)16-6-4-5-15(11-16)13-21-9-2-3-10-21;;/h4-6,11,14,17,19H,2-3,7-10,12-13H2,1H3,(H,20,22);2*1H. The fourth-order valence-electron chi connectivity index (χ4n) is 3.44. The first-order chi connectivity index (χ1) is 10.7. The fourth-order valence-corrected chi connectivity index (χ4v) is 3.44. The number of nitrogens with one attached hydrogen (secondary N) is 2. The number of benzene rings is 1. The summed E-state index contributed by atoms with van der Waals surface area (Å²) in [7, 11) is 0. The van der Waals surface area contributed by atoms with Crippen molar-refractivity contribution in [2.75, 3.05) is 26.2 Å². The summed E-state index contributed by atoms with van der Waals surface area (Å²) in [6.07, 6.45) is 3.72. The van der Waals surface area contributed by atoms with Crippen LogP contribution in [0.5, 0.6) is 0 Å². The van der Waals surface area contributed by atoms with E-state index in [0.29, 0.717) is 5.92 Å². The minimum absolute atomic E-state index is 0. The molecule has 1 aromatic carbocycles. The van der Waals surface area contributed by atoms with Gasteiger partial charge in [-0.25, -0.2) is 0 Å². The molecule has 24 heavy (non-hydrogen) atoms. The normalized spacial score (nSPS) is 23.9. The Morgan fingerprint density at radius 2 is 2.04 bits per heavy atom. The molecule has 1 aromatic rings. The Morgan fingerprint density at radius 3 is 2.75 bits per heavy atom. The second-order valence-corrected chi connectivity index (χ2v) is 6.73. The highest BCUT2D eigenvalue weighted by Crippen LogP contribution is 2.15. The van der Waals surface area contributed by atoms with Crippen molar-refractivity contribution in [3.63, 3.8) is 0 Å². The molecule has 0 aromatic heterocycles. The maximum atomic E-state index is 12.5. The summed E-state index contributed by atoms with van der Waals surface area (Å²) in [5, 5.41) is 6.55. The Labute approximate surface area is 157 Å². The molecule has 2 fully saturated rings. The minimum Gasteiger partial charge on any atom is -0.348 e. The quantitative estimate of drug-likeness (QED) is 0.852. The van der Waals surface area contributed by atoms with Gasteiger partial charge < -0.3 is 10.6 Å². The third kappa shape index (κ3) is 5.62. The van der Waals surface area contributed by atoms with E-state index in [4.69, 9.17) is 0 Å². The Hall–Kier alpha value is -0.810. The topological polar surface area (TPSA) is 44.4 Å². The monoisotopic (exact) mass is 373 g/mol. The average molecular weight is 374 g/mol. The summed E-state index contributed by atoms with van der Waals surface area (Å²) in [5.74, 6) is 0.599. The van der Waals surface area contributed by atoms with Gasteiger partial charge in [0.15, 0.2) is 0 Å². The molecular formula is C18H29Cl2N3O. The number of amides is 1. The van der Waals surface area contributed by atoms with E-state index in [9.17, 15) is 4.79 Å². The van der Waals surface area contributed by atoms with Crippen molar-refractivity contribution < 1.29 is 4.79 Å². The molecule has 0 saturated carbocycles. The van der Waals surface area contributed by atoms with Crippen LogP contribution >= 0.6 is 24.8 Å². The van der Waals surface area contributed by atoms with E-state index in [2.05, 4.69) is 34.6 Å². The first kappa shape index (κ1) is 21.2. The Morgan fingerprint density at radius 1 is 1.29 bits per heavy atom. The number of carbonyl (C=O) groups excluding carboxylic acids is 1. The molecule has 4 nitrogen and oxygen atoms in total. The highest BCUT2D eigenvalue weighted by molar-refractivity contribution is 5.94. The van der Waals surface area contributed by atoms with Crippen LogP contribution in [0.1, 0.15) is 42.1 Å². The fraction of sp³-hybridized carbons (Fsp3) is 0.611. The van der Waals surface area contributed by atoms with Gasteiger partial charge in [-0.05, 0) is 62.5 Å². The molecule has 0 bridgehead atoms. The third-order valence-electron chi connectivity index (χ3n) is 4.94. The molecule has 1 amide bonds. The van der Waals surface area contributed by atoms with Crippen LogP contribution in [0.4, 0.5) is 0 Å². The minimum atomic E-state index is 0. The van der Waals surface area contributed by atoms with Gasteiger partial charge in [0.25, 0.3) is 5.91 Å². The van der Waals surface area contributed by atoms with Crippen molar-refractivity contribution in [3.8, 4) is 0 Å². The summed E-state index contributed by atoms with van der Waals surface area (Å²) in [6.45, 7) is 7.47. The van der Waals surface area contributed by atoms with Crippen LogP contribution < -0.4 is 10.6 Å². The number of likely N-dealkylation sites (tertiary alicyclic amines) is 1. The Bertz CT molecular complexity index is 521. The molecule has 136 valence electrons. The predicted molar refractivity (Wildman–Crippen MR) is 103 cm³/mol. The zero-order valence-electron chi connectivity index (χ0n) is 14.3. The summed E-state index contributed by atoms with van der Waals surface area (Å²) in [5.41, 5.74) is 2.03. The maximum Gasteiger partial charge on any atom is 0.251 e. The van der Waals surface area contributed by atoms with Crippen LogP contribution in [0.3, 0.4) is 0 Å².